The molecular formula is C15H19BrClNO2. The van der Waals surface area contributed by atoms with Crippen molar-refractivity contribution in [3.8, 4) is 0 Å². The van der Waals surface area contributed by atoms with Crippen molar-refractivity contribution in [3.05, 3.63) is 33.3 Å². The molecule has 0 bridgehead atoms. The van der Waals surface area contributed by atoms with Crippen LogP contribution in [-0.2, 0) is 11.3 Å². The summed E-state index contributed by atoms with van der Waals surface area (Å²) in [6, 6.07) is 5.72. The van der Waals surface area contributed by atoms with E-state index in [0.717, 1.165) is 36.0 Å². The van der Waals surface area contributed by atoms with Gasteiger partial charge in [-0.25, -0.2) is 0 Å². The molecule has 20 heavy (non-hydrogen) atoms. The molecule has 1 aromatic carbocycles. The topological polar surface area (TPSA) is 40.5 Å². The lowest BCUT2D eigenvalue weighted by Crippen LogP contribution is -2.47. The van der Waals surface area contributed by atoms with Crippen molar-refractivity contribution in [2.75, 3.05) is 13.1 Å². The fraction of sp³-hybridized carbons (Fsp3) is 0.533. The van der Waals surface area contributed by atoms with Crippen LogP contribution in [0.3, 0.4) is 0 Å². The Morgan fingerprint density at radius 2 is 2.30 bits per heavy atom. The Kier molecular flexibility index (Phi) is 5.10. The van der Waals surface area contributed by atoms with Crippen LogP contribution in [0, 0.1) is 5.41 Å². The molecule has 1 fully saturated rings. The third-order valence-corrected chi connectivity index (χ3v) is 5.20. The lowest BCUT2D eigenvalue weighted by Gasteiger charge is -2.39. The molecule has 3 nitrogen and oxygen atoms in total. The van der Waals surface area contributed by atoms with Crippen molar-refractivity contribution in [1.29, 1.82) is 0 Å². The van der Waals surface area contributed by atoms with Crippen molar-refractivity contribution in [3.63, 3.8) is 0 Å². The lowest BCUT2D eigenvalue weighted by atomic mass is 9.77. The predicted molar refractivity (Wildman–Crippen MR) is 84.0 cm³/mol. The zero-order valence-corrected chi connectivity index (χ0v) is 13.9. The highest BCUT2D eigenvalue weighted by Gasteiger charge is 2.40. The van der Waals surface area contributed by atoms with Gasteiger partial charge in [0.2, 0.25) is 0 Å². The number of carboxylic acid groups (broad SMARTS) is 1. The molecule has 2 rings (SSSR count). The van der Waals surface area contributed by atoms with Gasteiger partial charge in [0.1, 0.15) is 0 Å². The van der Waals surface area contributed by atoms with Crippen LogP contribution in [-0.4, -0.2) is 29.1 Å². The highest BCUT2D eigenvalue weighted by molar-refractivity contribution is 9.10. The molecule has 1 aliphatic heterocycles. The van der Waals surface area contributed by atoms with E-state index >= 15 is 0 Å². The van der Waals surface area contributed by atoms with Gasteiger partial charge in [0.25, 0.3) is 0 Å². The molecule has 1 aromatic rings. The molecule has 0 spiro atoms. The minimum absolute atomic E-state index is 0.594. The van der Waals surface area contributed by atoms with E-state index in [-0.39, 0.29) is 0 Å². The number of aliphatic carboxylic acids is 1. The third-order valence-electron chi connectivity index (χ3n) is 4.19. The van der Waals surface area contributed by atoms with E-state index in [1.165, 1.54) is 0 Å². The van der Waals surface area contributed by atoms with E-state index in [1.807, 2.05) is 25.1 Å². The zero-order valence-electron chi connectivity index (χ0n) is 11.5. The van der Waals surface area contributed by atoms with Gasteiger partial charge in [-0.15, -0.1) is 0 Å². The van der Waals surface area contributed by atoms with Gasteiger partial charge in [0.15, 0.2) is 0 Å². The van der Waals surface area contributed by atoms with Gasteiger partial charge in [-0.2, -0.15) is 0 Å². The smallest absolute Gasteiger partial charge is 0.310 e. The Morgan fingerprint density at radius 1 is 1.55 bits per heavy atom. The molecule has 0 amide bonds. The molecule has 1 unspecified atom stereocenters. The average Bonchev–Trinajstić information content (AvgIpc) is 2.43. The lowest BCUT2D eigenvalue weighted by molar-refractivity contribution is -0.153. The highest BCUT2D eigenvalue weighted by atomic mass is 79.9. The summed E-state index contributed by atoms with van der Waals surface area (Å²) >= 11 is 9.56. The zero-order chi connectivity index (χ0) is 14.8. The number of benzene rings is 1. The second-order valence-corrected chi connectivity index (χ2v) is 6.78. The van der Waals surface area contributed by atoms with E-state index in [9.17, 15) is 9.90 Å². The van der Waals surface area contributed by atoms with Gasteiger partial charge >= 0.3 is 5.97 Å². The van der Waals surface area contributed by atoms with Crippen LogP contribution in [0.25, 0.3) is 0 Å². The molecule has 5 heteroatoms. The summed E-state index contributed by atoms with van der Waals surface area (Å²) in [6.07, 6.45) is 2.37. The van der Waals surface area contributed by atoms with Gasteiger partial charge in [-0.1, -0.05) is 34.5 Å². The van der Waals surface area contributed by atoms with Gasteiger partial charge < -0.3 is 5.11 Å². The Bertz CT molecular complexity index is 509. The maximum atomic E-state index is 11.6. The first kappa shape index (κ1) is 15.8. The predicted octanol–water partition coefficient (Wildman–Crippen LogP) is 4.18. The normalized spacial score (nSPS) is 23.8. The maximum absolute atomic E-state index is 11.6. The second-order valence-electron chi connectivity index (χ2n) is 5.49. The third kappa shape index (κ3) is 3.35. The van der Waals surface area contributed by atoms with E-state index in [0.29, 0.717) is 18.0 Å². The van der Waals surface area contributed by atoms with Crippen molar-refractivity contribution in [2.24, 2.45) is 5.41 Å². The van der Waals surface area contributed by atoms with E-state index in [4.69, 9.17) is 11.6 Å². The molecule has 1 heterocycles. The number of carbonyl (C=O) groups is 1. The summed E-state index contributed by atoms with van der Waals surface area (Å²) in [7, 11) is 0. The fourth-order valence-corrected chi connectivity index (χ4v) is 3.45. The number of rotatable bonds is 4. The molecule has 0 radical (unpaired) electrons. The Balaban J connectivity index is 2.13. The van der Waals surface area contributed by atoms with Crippen LogP contribution >= 0.6 is 27.5 Å². The Morgan fingerprint density at radius 3 is 2.95 bits per heavy atom. The van der Waals surface area contributed by atoms with Crippen LogP contribution in [0.15, 0.2) is 22.7 Å². The number of nitrogens with zero attached hydrogens (tertiary/aromatic N) is 1. The minimum atomic E-state index is -0.671. The molecule has 0 aliphatic carbocycles. The molecular weight excluding hydrogens is 342 g/mol. The van der Waals surface area contributed by atoms with Crippen molar-refractivity contribution in [1.82, 2.24) is 4.90 Å². The molecule has 1 aliphatic rings. The van der Waals surface area contributed by atoms with E-state index in [2.05, 4.69) is 20.8 Å². The van der Waals surface area contributed by atoms with Gasteiger partial charge in [0, 0.05) is 22.6 Å². The summed E-state index contributed by atoms with van der Waals surface area (Å²) < 4.78 is 1.02. The van der Waals surface area contributed by atoms with Crippen LogP contribution in [0.5, 0.6) is 0 Å². The summed E-state index contributed by atoms with van der Waals surface area (Å²) in [5, 5.41) is 10.2. The van der Waals surface area contributed by atoms with E-state index in [1.54, 1.807) is 0 Å². The van der Waals surface area contributed by atoms with Crippen LogP contribution in [0.4, 0.5) is 0 Å². The monoisotopic (exact) mass is 359 g/mol. The molecule has 1 N–H and O–H groups in total. The van der Waals surface area contributed by atoms with Gasteiger partial charge in [-0.3, -0.25) is 9.69 Å². The summed E-state index contributed by atoms with van der Waals surface area (Å²) in [4.78, 5) is 13.8. The van der Waals surface area contributed by atoms with Gasteiger partial charge in [0.05, 0.1) is 5.41 Å². The number of hydrogen-bond acceptors (Lipinski definition) is 2. The summed E-state index contributed by atoms with van der Waals surface area (Å²) in [6.45, 7) is 4.24. The first-order valence-corrected chi connectivity index (χ1v) is 8.03. The van der Waals surface area contributed by atoms with Crippen molar-refractivity contribution >= 4 is 33.5 Å². The highest BCUT2D eigenvalue weighted by Crippen LogP contribution is 2.35. The molecule has 0 saturated carbocycles. The largest absolute Gasteiger partial charge is 0.481 e. The Labute approximate surface area is 133 Å². The Hall–Kier alpha value is -0.580. The molecule has 1 atom stereocenters. The average molecular weight is 361 g/mol. The molecule has 0 aromatic heterocycles. The molecule has 1 saturated heterocycles. The number of halogens is 2. The first-order chi connectivity index (χ1) is 9.47. The first-order valence-electron chi connectivity index (χ1n) is 6.86. The standard InChI is InChI=1S/C15H19BrClNO2/c1-2-15(14(19)20)6-3-7-18(10-15)9-11-8-12(17)4-5-13(11)16/h4-5,8H,2-3,6-7,9-10H2,1H3,(H,19,20). The van der Waals surface area contributed by atoms with Crippen LogP contribution < -0.4 is 0 Å². The number of piperidine rings is 1. The minimum Gasteiger partial charge on any atom is -0.481 e. The number of likely N-dealkylation sites (tertiary alicyclic amines) is 1. The van der Waals surface area contributed by atoms with Crippen molar-refractivity contribution < 1.29 is 9.90 Å². The second kappa shape index (κ2) is 6.46. The number of carboxylic acids is 1. The van der Waals surface area contributed by atoms with Crippen molar-refractivity contribution in [2.45, 2.75) is 32.7 Å². The summed E-state index contributed by atoms with van der Waals surface area (Å²) in [5.74, 6) is -0.671. The van der Waals surface area contributed by atoms with Crippen LogP contribution in [0.1, 0.15) is 31.7 Å². The van der Waals surface area contributed by atoms with Gasteiger partial charge in [-0.05, 0) is 49.6 Å². The van der Waals surface area contributed by atoms with Crippen LogP contribution in [0.2, 0.25) is 5.02 Å². The fourth-order valence-electron chi connectivity index (χ4n) is 2.88. The van der Waals surface area contributed by atoms with E-state index < -0.39 is 11.4 Å². The SMILES string of the molecule is CCC1(C(=O)O)CCCN(Cc2cc(Cl)ccc2Br)C1. The quantitative estimate of drug-likeness (QED) is 0.875. The molecule has 110 valence electrons. The maximum Gasteiger partial charge on any atom is 0.310 e. The summed E-state index contributed by atoms with van der Waals surface area (Å²) in [5.41, 5.74) is 0.512. The number of hydrogen-bond donors (Lipinski definition) is 1.